The third-order valence-electron chi connectivity index (χ3n) is 3.79. The van der Waals surface area contributed by atoms with Crippen LogP contribution in [0.1, 0.15) is 65.9 Å². The summed E-state index contributed by atoms with van der Waals surface area (Å²) in [7, 11) is 0. The molecule has 0 spiro atoms. The maximum absolute atomic E-state index is 4.47. The van der Waals surface area contributed by atoms with Crippen LogP contribution in [0.15, 0.2) is 48.7 Å². The first-order valence-electron chi connectivity index (χ1n) is 8.95. The molecule has 124 valence electrons. The number of hydrogen-bond donors (Lipinski definition) is 0. The van der Waals surface area contributed by atoms with Gasteiger partial charge in [0.15, 0.2) is 0 Å². The topological polar surface area (TPSA) is 12.9 Å². The Morgan fingerprint density at radius 2 is 1.52 bits per heavy atom. The van der Waals surface area contributed by atoms with Crippen molar-refractivity contribution >= 4 is 21.7 Å². The molecule has 0 bridgehead atoms. The number of aromatic nitrogens is 1. The van der Waals surface area contributed by atoms with Gasteiger partial charge in [-0.05, 0) is 34.4 Å². The minimum Gasteiger partial charge on any atom is -0.256 e. The van der Waals surface area contributed by atoms with Crippen molar-refractivity contribution in [3.63, 3.8) is 0 Å². The molecule has 0 saturated carbocycles. The first kappa shape index (κ1) is 19.2. The van der Waals surface area contributed by atoms with Crippen LogP contribution >= 0.6 is 0 Å². The highest BCUT2D eigenvalue weighted by molar-refractivity contribution is 6.07. The van der Waals surface area contributed by atoms with Gasteiger partial charge in [-0.25, -0.2) is 0 Å². The third-order valence-corrected chi connectivity index (χ3v) is 3.79. The molecule has 3 aromatic rings. The van der Waals surface area contributed by atoms with Crippen molar-refractivity contribution < 1.29 is 0 Å². The zero-order chi connectivity index (χ0) is 17.2. The summed E-state index contributed by atoms with van der Waals surface area (Å²) in [5, 5.41) is 3.90. The van der Waals surface area contributed by atoms with Gasteiger partial charge in [-0.1, -0.05) is 84.7 Å². The second-order valence-electron chi connectivity index (χ2n) is 5.74. The molecule has 1 heterocycles. The molecule has 0 N–H and O–H groups in total. The minimum absolute atomic E-state index is 0.520. The number of unbranched alkanes of at least 4 members (excludes halogenated alkanes) is 1. The fourth-order valence-corrected chi connectivity index (χ4v) is 2.43. The normalized spacial score (nSPS) is 10.0. The Balaban J connectivity index is 0.000000388. The Labute approximate surface area is 141 Å². The number of fused-ring (bicyclic) bond motifs is 3. The van der Waals surface area contributed by atoms with E-state index in [1.54, 1.807) is 0 Å². The van der Waals surface area contributed by atoms with E-state index in [0.29, 0.717) is 5.92 Å². The van der Waals surface area contributed by atoms with Gasteiger partial charge in [-0.15, -0.1) is 0 Å². The van der Waals surface area contributed by atoms with E-state index in [0.717, 1.165) is 5.52 Å². The lowest BCUT2D eigenvalue weighted by Crippen LogP contribution is -1.92. The molecule has 1 nitrogen and oxygen atoms in total. The summed E-state index contributed by atoms with van der Waals surface area (Å²) in [5.74, 6) is 0.520. The Morgan fingerprint density at radius 1 is 0.870 bits per heavy atom. The number of nitrogens with zero attached hydrogens (tertiary/aromatic N) is 1. The molecule has 0 aliphatic heterocycles. The SMILES string of the molecule is CC.CC(C)c1ccnc2ccc3ccccc3c12.CCCC. The van der Waals surface area contributed by atoms with E-state index in [-0.39, 0.29) is 0 Å². The van der Waals surface area contributed by atoms with Gasteiger partial charge < -0.3 is 0 Å². The van der Waals surface area contributed by atoms with Gasteiger partial charge in [0.1, 0.15) is 0 Å². The Hall–Kier alpha value is -1.89. The van der Waals surface area contributed by atoms with E-state index in [1.165, 1.54) is 34.6 Å². The molecule has 3 rings (SSSR count). The monoisotopic (exact) mass is 309 g/mol. The van der Waals surface area contributed by atoms with Crippen LogP contribution < -0.4 is 0 Å². The van der Waals surface area contributed by atoms with Gasteiger partial charge in [0.2, 0.25) is 0 Å². The molecule has 0 fully saturated rings. The van der Waals surface area contributed by atoms with E-state index >= 15 is 0 Å². The summed E-state index contributed by atoms with van der Waals surface area (Å²) >= 11 is 0. The molecule has 0 unspecified atom stereocenters. The first-order chi connectivity index (χ1) is 11.2. The fourth-order valence-electron chi connectivity index (χ4n) is 2.43. The Kier molecular flexibility index (Phi) is 8.32. The molecular formula is C22H31N. The van der Waals surface area contributed by atoms with Crippen molar-refractivity contribution in [2.75, 3.05) is 0 Å². The quantitative estimate of drug-likeness (QED) is 0.451. The molecule has 23 heavy (non-hydrogen) atoms. The van der Waals surface area contributed by atoms with Crippen molar-refractivity contribution in [2.24, 2.45) is 0 Å². The average Bonchev–Trinajstić information content (AvgIpc) is 2.62. The van der Waals surface area contributed by atoms with Crippen molar-refractivity contribution in [3.8, 4) is 0 Å². The predicted molar refractivity (Wildman–Crippen MR) is 105 cm³/mol. The maximum atomic E-state index is 4.47. The summed E-state index contributed by atoms with van der Waals surface area (Å²) in [6.45, 7) is 12.8. The van der Waals surface area contributed by atoms with Crippen LogP contribution in [-0.4, -0.2) is 4.98 Å². The lowest BCUT2D eigenvalue weighted by molar-refractivity contribution is 0.875. The molecule has 0 radical (unpaired) electrons. The molecule has 0 amide bonds. The van der Waals surface area contributed by atoms with E-state index in [4.69, 9.17) is 0 Å². The van der Waals surface area contributed by atoms with Crippen LogP contribution in [0.4, 0.5) is 0 Å². The molecule has 0 atom stereocenters. The zero-order valence-electron chi connectivity index (χ0n) is 15.6. The van der Waals surface area contributed by atoms with Crippen LogP contribution in [0.25, 0.3) is 21.7 Å². The Bertz CT molecular complexity index is 711. The summed E-state index contributed by atoms with van der Waals surface area (Å²) in [6.07, 6.45) is 4.55. The number of pyridine rings is 1. The molecule has 2 aromatic carbocycles. The number of rotatable bonds is 2. The van der Waals surface area contributed by atoms with Gasteiger partial charge in [-0.3, -0.25) is 4.98 Å². The Morgan fingerprint density at radius 3 is 2.13 bits per heavy atom. The lowest BCUT2D eigenvalue weighted by Gasteiger charge is -2.11. The van der Waals surface area contributed by atoms with Crippen molar-refractivity contribution in [3.05, 3.63) is 54.2 Å². The van der Waals surface area contributed by atoms with Crippen molar-refractivity contribution in [1.29, 1.82) is 0 Å². The van der Waals surface area contributed by atoms with Crippen LogP contribution in [0, 0.1) is 0 Å². The van der Waals surface area contributed by atoms with Gasteiger partial charge in [0.25, 0.3) is 0 Å². The number of benzene rings is 2. The summed E-state index contributed by atoms with van der Waals surface area (Å²) < 4.78 is 0. The fraction of sp³-hybridized carbons (Fsp3) is 0.409. The van der Waals surface area contributed by atoms with Crippen LogP contribution in [0.3, 0.4) is 0 Å². The van der Waals surface area contributed by atoms with E-state index in [9.17, 15) is 0 Å². The zero-order valence-corrected chi connectivity index (χ0v) is 15.6. The molecule has 0 aliphatic carbocycles. The standard InChI is InChI=1S/C16H15N.C4H10.C2H6/c1-11(2)13-9-10-17-15-8-7-12-5-3-4-6-14(12)16(13)15;1-3-4-2;1-2/h3-11H,1-2H3;3-4H2,1-2H3;1-2H3. The highest BCUT2D eigenvalue weighted by atomic mass is 14.6. The summed E-state index contributed by atoms with van der Waals surface area (Å²) in [5.41, 5.74) is 2.47. The largest absolute Gasteiger partial charge is 0.256 e. The average molecular weight is 309 g/mol. The number of hydrogen-bond acceptors (Lipinski definition) is 1. The van der Waals surface area contributed by atoms with Crippen LogP contribution in [0.5, 0.6) is 0 Å². The highest BCUT2D eigenvalue weighted by Crippen LogP contribution is 2.30. The van der Waals surface area contributed by atoms with Crippen molar-refractivity contribution in [2.45, 2.75) is 60.3 Å². The van der Waals surface area contributed by atoms with Gasteiger partial charge in [-0.2, -0.15) is 0 Å². The minimum atomic E-state index is 0.520. The second-order valence-corrected chi connectivity index (χ2v) is 5.74. The molecule has 0 aliphatic rings. The van der Waals surface area contributed by atoms with Crippen molar-refractivity contribution in [1.82, 2.24) is 4.98 Å². The highest BCUT2D eigenvalue weighted by Gasteiger charge is 2.08. The van der Waals surface area contributed by atoms with E-state index < -0.39 is 0 Å². The van der Waals surface area contributed by atoms with Gasteiger partial charge in [0, 0.05) is 11.6 Å². The molecular weight excluding hydrogens is 278 g/mol. The van der Waals surface area contributed by atoms with Crippen LogP contribution in [0.2, 0.25) is 0 Å². The summed E-state index contributed by atoms with van der Waals surface area (Å²) in [6, 6.07) is 14.9. The second kappa shape index (κ2) is 9.99. The van der Waals surface area contributed by atoms with Gasteiger partial charge >= 0.3 is 0 Å². The maximum Gasteiger partial charge on any atom is 0.0711 e. The molecule has 1 aromatic heterocycles. The third kappa shape index (κ3) is 4.79. The predicted octanol–water partition coefficient (Wildman–Crippen LogP) is 7.34. The lowest BCUT2D eigenvalue weighted by atomic mass is 9.95. The molecule has 1 heteroatoms. The molecule has 0 saturated heterocycles. The smallest absolute Gasteiger partial charge is 0.0711 e. The van der Waals surface area contributed by atoms with Gasteiger partial charge in [0.05, 0.1) is 5.52 Å². The van der Waals surface area contributed by atoms with E-state index in [2.05, 4.69) is 75.1 Å². The van der Waals surface area contributed by atoms with Crippen LogP contribution in [-0.2, 0) is 0 Å². The first-order valence-corrected chi connectivity index (χ1v) is 8.95. The van der Waals surface area contributed by atoms with E-state index in [1.807, 2.05) is 20.0 Å². The summed E-state index contributed by atoms with van der Waals surface area (Å²) in [4.78, 5) is 4.47.